The predicted octanol–water partition coefficient (Wildman–Crippen LogP) is 2.54. The van der Waals surface area contributed by atoms with Crippen molar-refractivity contribution in [3.05, 3.63) is 23.8 Å². The maximum absolute atomic E-state index is 10.6. The van der Waals surface area contributed by atoms with Gasteiger partial charge in [0.1, 0.15) is 23.2 Å². The molecule has 1 aromatic carbocycles. The van der Waals surface area contributed by atoms with Crippen LogP contribution in [0.1, 0.15) is 50.7 Å². The fourth-order valence-electron chi connectivity index (χ4n) is 3.46. The molecule has 4 heteroatoms. The van der Waals surface area contributed by atoms with E-state index in [1.54, 1.807) is 0 Å². The van der Waals surface area contributed by atoms with Gasteiger partial charge in [0.05, 0.1) is 12.6 Å². The van der Waals surface area contributed by atoms with Gasteiger partial charge < -0.3 is 20.3 Å². The van der Waals surface area contributed by atoms with Crippen LogP contribution in [-0.2, 0) is 0 Å². The summed E-state index contributed by atoms with van der Waals surface area (Å²) in [6, 6.07) is 5.26. The van der Waals surface area contributed by atoms with Gasteiger partial charge in [-0.2, -0.15) is 0 Å². The Balaban J connectivity index is 1.94. The molecular formula is C16H23NO3. The third-order valence-electron chi connectivity index (χ3n) is 4.57. The van der Waals surface area contributed by atoms with Crippen molar-refractivity contribution >= 4 is 0 Å². The number of hydrogen-bond donors (Lipinski definition) is 2. The summed E-state index contributed by atoms with van der Waals surface area (Å²) in [4.78, 5) is 0. The summed E-state index contributed by atoms with van der Waals surface area (Å²) < 4.78 is 11.7. The Morgan fingerprint density at radius 3 is 2.80 bits per heavy atom. The summed E-state index contributed by atoms with van der Waals surface area (Å²) in [6.07, 6.45) is 4.64. The van der Waals surface area contributed by atoms with Crippen LogP contribution in [0.4, 0.5) is 0 Å². The van der Waals surface area contributed by atoms with Gasteiger partial charge in [-0.1, -0.05) is 6.42 Å². The number of aliphatic hydroxyl groups is 1. The van der Waals surface area contributed by atoms with Crippen molar-refractivity contribution in [2.45, 2.75) is 56.8 Å². The highest BCUT2D eigenvalue weighted by Crippen LogP contribution is 2.46. The third kappa shape index (κ3) is 2.17. The Labute approximate surface area is 119 Å². The third-order valence-corrected chi connectivity index (χ3v) is 4.57. The van der Waals surface area contributed by atoms with Crippen molar-refractivity contribution in [2.24, 2.45) is 5.73 Å². The molecule has 1 aliphatic carbocycles. The van der Waals surface area contributed by atoms with Gasteiger partial charge in [-0.3, -0.25) is 0 Å². The first kappa shape index (κ1) is 13.7. The first-order chi connectivity index (χ1) is 9.66. The van der Waals surface area contributed by atoms with E-state index in [1.807, 2.05) is 25.1 Å². The topological polar surface area (TPSA) is 64.7 Å². The molecule has 1 aromatic rings. The van der Waals surface area contributed by atoms with Gasteiger partial charge in [0.15, 0.2) is 0 Å². The maximum Gasteiger partial charge on any atom is 0.127 e. The molecule has 1 saturated carbocycles. The van der Waals surface area contributed by atoms with Gasteiger partial charge in [-0.15, -0.1) is 0 Å². The minimum Gasteiger partial charge on any atom is -0.494 e. The van der Waals surface area contributed by atoms with Gasteiger partial charge in [0, 0.05) is 5.56 Å². The minimum atomic E-state index is -0.683. The van der Waals surface area contributed by atoms with E-state index in [2.05, 4.69) is 0 Å². The Hall–Kier alpha value is -1.26. The first-order valence-corrected chi connectivity index (χ1v) is 7.56. The lowest BCUT2D eigenvalue weighted by Gasteiger charge is -2.47. The summed E-state index contributed by atoms with van der Waals surface area (Å²) in [5.74, 6) is 1.50. The predicted molar refractivity (Wildman–Crippen MR) is 77.0 cm³/mol. The largest absolute Gasteiger partial charge is 0.494 e. The molecule has 0 amide bonds. The van der Waals surface area contributed by atoms with Crippen molar-refractivity contribution in [3.8, 4) is 11.5 Å². The van der Waals surface area contributed by atoms with Crippen molar-refractivity contribution < 1.29 is 14.6 Å². The highest BCUT2D eigenvalue weighted by Gasteiger charge is 2.48. The van der Waals surface area contributed by atoms with Crippen molar-refractivity contribution in [3.63, 3.8) is 0 Å². The van der Waals surface area contributed by atoms with Crippen LogP contribution < -0.4 is 15.2 Å². The van der Waals surface area contributed by atoms with E-state index in [1.165, 1.54) is 6.42 Å². The Morgan fingerprint density at radius 2 is 2.10 bits per heavy atom. The molecule has 1 aliphatic heterocycles. The summed E-state index contributed by atoms with van der Waals surface area (Å²) in [5, 5.41) is 10.6. The van der Waals surface area contributed by atoms with E-state index >= 15 is 0 Å². The average Bonchev–Trinajstić information content (AvgIpc) is 2.47. The Morgan fingerprint density at radius 1 is 1.35 bits per heavy atom. The number of hydrogen-bond acceptors (Lipinski definition) is 4. The lowest BCUT2D eigenvalue weighted by molar-refractivity contribution is -0.0583. The van der Waals surface area contributed by atoms with Crippen LogP contribution in [0.3, 0.4) is 0 Å². The molecule has 0 saturated heterocycles. The number of rotatable bonds is 2. The van der Waals surface area contributed by atoms with Crippen molar-refractivity contribution in [2.75, 3.05) is 6.61 Å². The summed E-state index contributed by atoms with van der Waals surface area (Å²) in [5.41, 5.74) is 6.67. The van der Waals surface area contributed by atoms with E-state index in [0.29, 0.717) is 6.61 Å². The zero-order chi connectivity index (χ0) is 14.2. The molecule has 2 unspecified atom stereocenters. The first-order valence-electron chi connectivity index (χ1n) is 7.56. The lowest BCUT2D eigenvalue weighted by atomic mass is 9.74. The second kappa shape index (κ2) is 5.26. The number of ether oxygens (including phenoxy) is 2. The fourth-order valence-corrected chi connectivity index (χ4v) is 3.46. The highest BCUT2D eigenvalue weighted by atomic mass is 16.5. The van der Waals surface area contributed by atoms with E-state index < -0.39 is 11.7 Å². The number of benzene rings is 1. The van der Waals surface area contributed by atoms with Crippen molar-refractivity contribution in [1.82, 2.24) is 0 Å². The molecule has 1 spiro atoms. The number of aliphatic hydroxyl groups excluding tert-OH is 1. The fraction of sp³-hybridized carbons (Fsp3) is 0.625. The molecule has 0 radical (unpaired) electrons. The minimum absolute atomic E-state index is 0.368. The zero-order valence-electron chi connectivity index (χ0n) is 12.0. The quantitative estimate of drug-likeness (QED) is 0.872. The molecule has 3 N–H and O–H groups in total. The highest BCUT2D eigenvalue weighted by molar-refractivity contribution is 5.45. The summed E-state index contributed by atoms with van der Waals surface area (Å²) >= 11 is 0. The molecular weight excluding hydrogens is 254 g/mol. The molecule has 2 aliphatic rings. The van der Waals surface area contributed by atoms with Crippen LogP contribution in [0.2, 0.25) is 0 Å². The number of fused-ring (bicyclic) bond motifs is 1. The zero-order valence-corrected chi connectivity index (χ0v) is 12.0. The van der Waals surface area contributed by atoms with Crippen molar-refractivity contribution in [1.29, 1.82) is 0 Å². The van der Waals surface area contributed by atoms with E-state index in [0.717, 1.165) is 42.7 Å². The van der Waals surface area contributed by atoms with Crippen LogP contribution in [0, 0.1) is 0 Å². The molecule has 2 atom stereocenters. The van der Waals surface area contributed by atoms with E-state index in [9.17, 15) is 5.11 Å². The monoisotopic (exact) mass is 277 g/mol. The van der Waals surface area contributed by atoms with E-state index in [-0.39, 0.29) is 6.04 Å². The maximum atomic E-state index is 10.6. The second-order valence-corrected chi connectivity index (χ2v) is 5.83. The Bertz CT molecular complexity index is 483. The van der Waals surface area contributed by atoms with Gasteiger partial charge in [0.25, 0.3) is 0 Å². The Kier molecular flexibility index (Phi) is 3.61. The summed E-state index contributed by atoms with van der Waals surface area (Å²) in [6.45, 7) is 2.54. The molecule has 1 fully saturated rings. The smallest absolute Gasteiger partial charge is 0.127 e. The molecule has 110 valence electrons. The molecule has 0 bridgehead atoms. The molecule has 0 aromatic heterocycles. The average molecular weight is 277 g/mol. The molecule has 20 heavy (non-hydrogen) atoms. The van der Waals surface area contributed by atoms with Gasteiger partial charge in [-0.25, -0.2) is 0 Å². The van der Waals surface area contributed by atoms with Gasteiger partial charge in [0.2, 0.25) is 0 Å². The standard InChI is InChI=1S/C16H23NO3/c1-2-19-11-6-7-13-12(10-11)14(18)15(17)16(20-13)8-4-3-5-9-16/h6-7,10,14-15,18H,2-5,8-9,17H2,1H3. The van der Waals surface area contributed by atoms with E-state index in [4.69, 9.17) is 15.2 Å². The van der Waals surface area contributed by atoms with Crippen LogP contribution in [0.5, 0.6) is 11.5 Å². The normalized spacial score (nSPS) is 27.8. The molecule has 4 nitrogen and oxygen atoms in total. The second-order valence-electron chi connectivity index (χ2n) is 5.83. The van der Waals surface area contributed by atoms with Crippen LogP contribution in [0.25, 0.3) is 0 Å². The van der Waals surface area contributed by atoms with Gasteiger partial charge >= 0.3 is 0 Å². The van der Waals surface area contributed by atoms with Crippen LogP contribution in [0.15, 0.2) is 18.2 Å². The van der Waals surface area contributed by atoms with Gasteiger partial charge in [-0.05, 0) is 50.8 Å². The van der Waals surface area contributed by atoms with Crippen LogP contribution in [-0.4, -0.2) is 23.4 Å². The SMILES string of the molecule is CCOc1ccc2c(c1)C(O)C(N)C1(CCCCC1)O2. The lowest BCUT2D eigenvalue weighted by Crippen LogP contribution is -2.58. The molecule has 3 rings (SSSR count). The van der Waals surface area contributed by atoms with Crippen LogP contribution >= 0.6 is 0 Å². The number of nitrogens with two attached hydrogens (primary N) is 1. The molecule has 1 heterocycles. The summed E-state index contributed by atoms with van der Waals surface area (Å²) in [7, 11) is 0.